The van der Waals surface area contributed by atoms with Crippen molar-refractivity contribution in [2.24, 2.45) is 0 Å². The van der Waals surface area contributed by atoms with E-state index in [-0.39, 0.29) is 0 Å². The van der Waals surface area contributed by atoms with Crippen LogP contribution in [0.2, 0.25) is 0 Å². The highest BCUT2D eigenvalue weighted by molar-refractivity contribution is 5.83. The number of nitrogens with one attached hydrogen (secondary N) is 1. The van der Waals surface area contributed by atoms with Crippen LogP contribution in [0, 0.1) is 0 Å². The van der Waals surface area contributed by atoms with Crippen LogP contribution >= 0.6 is 0 Å². The number of hydrogen-bond acceptors (Lipinski definition) is 4. The highest BCUT2D eigenvalue weighted by Gasteiger charge is 2.09. The minimum absolute atomic E-state index is 0.453. The highest BCUT2D eigenvalue weighted by atomic mass is 17.2. The summed E-state index contributed by atoms with van der Waals surface area (Å²) in [5.41, 5.74) is 0.936. The summed E-state index contributed by atoms with van der Waals surface area (Å²) in [4.78, 5) is 22.1. The molecule has 1 aromatic heterocycles. The van der Waals surface area contributed by atoms with Gasteiger partial charge < -0.3 is 14.8 Å². The molecule has 0 aliphatic heterocycles. The van der Waals surface area contributed by atoms with Crippen LogP contribution < -0.4 is 9.78 Å². The Morgan fingerprint density at radius 2 is 1.67 bits per heavy atom. The van der Waals surface area contributed by atoms with Gasteiger partial charge in [-0.1, -0.05) is 0 Å². The number of H-pyrrole nitrogens is 1. The van der Waals surface area contributed by atoms with E-state index >= 15 is 0 Å². The second-order valence-electron chi connectivity index (χ2n) is 2.86. The average Bonchev–Trinajstić information content (AvgIpc) is 2.66. The first-order valence-electron chi connectivity index (χ1n) is 4.37. The van der Waals surface area contributed by atoms with E-state index in [1.807, 2.05) is 12.3 Å². The lowest BCUT2D eigenvalue weighted by Gasteiger charge is -2.07. The third-order valence-electron chi connectivity index (χ3n) is 1.96. The van der Waals surface area contributed by atoms with E-state index in [9.17, 15) is 0 Å². The van der Waals surface area contributed by atoms with Crippen molar-refractivity contribution in [3.05, 3.63) is 24.4 Å². The Morgan fingerprint density at radius 1 is 1.00 bits per heavy atom. The molecule has 1 heterocycles. The van der Waals surface area contributed by atoms with Gasteiger partial charge in [0.1, 0.15) is 0 Å². The molecule has 1 aromatic carbocycles. The minimum Gasteiger partial charge on any atom is -0.361 e. The van der Waals surface area contributed by atoms with Crippen molar-refractivity contribution < 1.29 is 19.6 Å². The van der Waals surface area contributed by atoms with Gasteiger partial charge in [-0.25, -0.2) is 0 Å². The average molecular weight is 209 g/mol. The van der Waals surface area contributed by atoms with Crippen molar-refractivity contribution in [2.75, 3.05) is 14.2 Å². The lowest BCUT2D eigenvalue weighted by atomic mass is 10.2. The Morgan fingerprint density at radius 3 is 2.33 bits per heavy atom. The Labute approximate surface area is 86.4 Å². The zero-order valence-electron chi connectivity index (χ0n) is 8.44. The molecule has 1 N–H and O–H groups in total. The van der Waals surface area contributed by atoms with Crippen molar-refractivity contribution in [2.45, 2.75) is 0 Å². The van der Waals surface area contributed by atoms with E-state index in [4.69, 9.17) is 9.78 Å². The second-order valence-corrected chi connectivity index (χ2v) is 2.86. The molecule has 0 fully saturated rings. The smallest absolute Gasteiger partial charge is 0.213 e. The third kappa shape index (κ3) is 1.88. The van der Waals surface area contributed by atoms with E-state index in [1.54, 1.807) is 12.1 Å². The molecule has 15 heavy (non-hydrogen) atoms. The Hall–Kier alpha value is -1.72. The highest BCUT2D eigenvalue weighted by Crippen LogP contribution is 2.32. The van der Waals surface area contributed by atoms with Gasteiger partial charge in [-0.15, -0.1) is 0 Å². The summed E-state index contributed by atoms with van der Waals surface area (Å²) in [6, 6.07) is 5.49. The molecule has 0 aliphatic rings. The fourth-order valence-corrected chi connectivity index (χ4v) is 1.37. The lowest BCUT2D eigenvalue weighted by molar-refractivity contribution is -0.201. The molecular weight excluding hydrogens is 198 g/mol. The summed E-state index contributed by atoms with van der Waals surface area (Å²) in [5, 5.41) is 1.01. The van der Waals surface area contributed by atoms with E-state index in [1.165, 1.54) is 14.2 Å². The van der Waals surface area contributed by atoms with Gasteiger partial charge >= 0.3 is 0 Å². The minimum atomic E-state index is 0.453. The molecule has 2 rings (SSSR count). The predicted octanol–water partition coefficient (Wildman–Crippen LogP) is 2.05. The maximum atomic E-state index is 4.95. The Kier molecular flexibility index (Phi) is 2.75. The second kappa shape index (κ2) is 4.20. The van der Waals surface area contributed by atoms with Crippen LogP contribution in [0.3, 0.4) is 0 Å². The summed E-state index contributed by atoms with van der Waals surface area (Å²) in [7, 11) is 2.85. The number of hydrogen-bond donors (Lipinski definition) is 1. The summed E-state index contributed by atoms with van der Waals surface area (Å²) in [6.45, 7) is 0. The number of rotatable bonds is 4. The molecule has 2 aromatic rings. The number of aromatic amines is 1. The van der Waals surface area contributed by atoms with Crippen LogP contribution in [0.15, 0.2) is 24.4 Å². The van der Waals surface area contributed by atoms with Crippen molar-refractivity contribution >= 4 is 10.9 Å². The first-order chi connectivity index (χ1) is 7.35. The zero-order valence-corrected chi connectivity index (χ0v) is 8.44. The largest absolute Gasteiger partial charge is 0.361 e. The van der Waals surface area contributed by atoms with E-state index in [0.717, 1.165) is 10.9 Å². The molecule has 80 valence electrons. The maximum absolute atomic E-state index is 4.95. The van der Waals surface area contributed by atoms with Crippen LogP contribution in [0.1, 0.15) is 0 Å². The standard InChI is InChI=1S/C10H11NO4/c1-12-14-9-5-7-3-4-11-8(7)6-10(9)15-13-2/h3-6,11H,1-2H3. The fraction of sp³-hybridized carbons (Fsp3) is 0.200. The van der Waals surface area contributed by atoms with Crippen LogP contribution in [0.4, 0.5) is 0 Å². The quantitative estimate of drug-likeness (QED) is 0.618. The fourth-order valence-electron chi connectivity index (χ4n) is 1.37. The lowest BCUT2D eigenvalue weighted by Crippen LogP contribution is -1.97. The Bertz CT molecular complexity index is 412. The van der Waals surface area contributed by atoms with Crippen molar-refractivity contribution in [1.82, 2.24) is 4.98 Å². The summed E-state index contributed by atoms with van der Waals surface area (Å²) >= 11 is 0. The summed E-state index contributed by atoms with van der Waals surface area (Å²) in [6.07, 6.45) is 1.83. The molecule has 0 unspecified atom stereocenters. The van der Waals surface area contributed by atoms with Gasteiger partial charge in [0.2, 0.25) is 11.5 Å². The predicted molar refractivity (Wildman–Crippen MR) is 53.6 cm³/mol. The normalized spacial score (nSPS) is 10.5. The SMILES string of the molecule is COOc1cc2cc[nH]c2cc1OOC. The summed E-state index contributed by atoms with van der Waals surface area (Å²) < 4.78 is 0. The van der Waals surface area contributed by atoms with Crippen molar-refractivity contribution in [3.8, 4) is 11.5 Å². The first kappa shape index (κ1) is 9.82. The number of fused-ring (bicyclic) bond motifs is 1. The van der Waals surface area contributed by atoms with Crippen LogP contribution in [-0.2, 0) is 9.78 Å². The van der Waals surface area contributed by atoms with E-state index < -0.39 is 0 Å². The number of aromatic nitrogens is 1. The first-order valence-corrected chi connectivity index (χ1v) is 4.37. The molecule has 5 heteroatoms. The van der Waals surface area contributed by atoms with Crippen LogP contribution in [-0.4, -0.2) is 19.2 Å². The molecular formula is C10H11NO4. The van der Waals surface area contributed by atoms with Gasteiger partial charge in [0, 0.05) is 23.2 Å². The topological polar surface area (TPSA) is 52.7 Å². The number of benzene rings is 1. The molecule has 5 nitrogen and oxygen atoms in total. The molecule has 0 radical (unpaired) electrons. The van der Waals surface area contributed by atoms with E-state index in [2.05, 4.69) is 14.8 Å². The zero-order chi connectivity index (χ0) is 10.7. The molecule has 0 bridgehead atoms. The Balaban J connectivity index is 2.47. The van der Waals surface area contributed by atoms with Gasteiger partial charge in [-0.2, -0.15) is 9.78 Å². The monoisotopic (exact) mass is 209 g/mol. The van der Waals surface area contributed by atoms with Crippen LogP contribution in [0.5, 0.6) is 11.5 Å². The van der Waals surface area contributed by atoms with Crippen molar-refractivity contribution in [1.29, 1.82) is 0 Å². The molecule has 0 spiro atoms. The molecule has 0 saturated carbocycles. The molecule has 0 amide bonds. The van der Waals surface area contributed by atoms with Gasteiger partial charge in [0.15, 0.2) is 0 Å². The maximum Gasteiger partial charge on any atom is 0.213 e. The van der Waals surface area contributed by atoms with Crippen molar-refractivity contribution in [3.63, 3.8) is 0 Å². The van der Waals surface area contributed by atoms with Gasteiger partial charge in [-0.3, -0.25) is 0 Å². The van der Waals surface area contributed by atoms with Gasteiger partial charge in [0.05, 0.1) is 14.2 Å². The van der Waals surface area contributed by atoms with Gasteiger partial charge in [-0.05, 0) is 12.1 Å². The molecule has 0 aliphatic carbocycles. The van der Waals surface area contributed by atoms with E-state index in [0.29, 0.717) is 11.5 Å². The van der Waals surface area contributed by atoms with Gasteiger partial charge in [0.25, 0.3) is 0 Å². The summed E-state index contributed by atoms with van der Waals surface area (Å²) in [5.74, 6) is 0.917. The molecule has 0 atom stereocenters. The molecule has 0 saturated heterocycles. The van der Waals surface area contributed by atoms with Crippen LogP contribution in [0.25, 0.3) is 10.9 Å². The third-order valence-corrected chi connectivity index (χ3v) is 1.96.